The molecule has 0 atom stereocenters. The number of benzene rings is 1. The molecular weight excluding hydrogens is 386 g/mol. The van der Waals surface area contributed by atoms with Gasteiger partial charge in [0.1, 0.15) is 28.6 Å². The molecule has 0 aliphatic carbocycles. The van der Waals surface area contributed by atoms with Crippen LogP contribution < -0.4 is 15.0 Å². The van der Waals surface area contributed by atoms with Gasteiger partial charge in [0.25, 0.3) is 5.91 Å². The summed E-state index contributed by atoms with van der Waals surface area (Å²) < 4.78 is 5.19. The third-order valence-corrected chi connectivity index (χ3v) is 5.82. The number of rotatable bonds is 6. The lowest BCUT2D eigenvalue weighted by Gasteiger charge is -2.27. The number of nitrogens with one attached hydrogen (secondary N) is 1. The Hall–Kier alpha value is -3.00. The van der Waals surface area contributed by atoms with Crippen molar-refractivity contribution >= 4 is 23.1 Å². The van der Waals surface area contributed by atoms with E-state index in [1.54, 1.807) is 24.5 Å². The maximum absolute atomic E-state index is 12.5. The van der Waals surface area contributed by atoms with Crippen LogP contribution >= 0.6 is 11.3 Å². The van der Waals surface area contributed by atoms with Gasteiger partial charge in [-0.3, -0.25) is 4.79 Å². The second-order valence-electron chi connectivity index (χ2n) is 6.86. The van der Waals surface area contributed by atoms with Crippen molar-refractivity contribution in [1.29, 1.82) is 0 Å². The van der Waals surface area contributed by atoms with Crippen molar-refractivity contribution in [3.8, 4) is 16.3 Å². The lowest BCUT2D eigenvalue weighted by atomic mass is 10.1. The van der Waals surface area contributed by atoms with Crippen LogP contribution in [0.1, 0.15) is 35.4 Å². The minimum atomic E-state index is -0.218. The van der Waals surface area contributed by atoms with E-state index in [9.17, 15) is 4.79 Å². The van der Waals surface area contributed by atoms with Crippen molar-refractivity contribution in [2.24, 2.45) is 0 Å². The van der Waals surface area contributed by atoms with E-state index in [2.05, 4.69) is 25.2 Å². The van der Waals surface area contributed by atoms with Crippen LogP contribution in [0.2, 0.25) is 0 Å². The minimum Gasteiger partial charge on any atom is -0.497 e. The van der Waals surface area contributed by atoms with Crippen LogP contribution in [0.5, 0.6) is 5.75 Å². The molecule has 1 N–H and O–H groups in total. The summed E-state index contributed by atoms with van der Waals surface area (Å²) in [4.78, 5) is 27.8. The first-order valence-electron chi connectivity index (χ1n) is 9.67. The molecule has 4 rings (SSSR count). The van der Waals surface area contributed by atoms with E-state index in [1.807, 2.05) is 29.6 Å². The number of carbonyl (C=O) groups excluding carboxylic acids is 1. The summed E-state index contributed by atoms with van der Waals surface area (Å²) in [6.07, 6.45) is 5.03. The largest absolute Gasteiger partial charge is 0.497 e. The van der Waals surface area contributed by atoms with Gasteiger partial charge in [0.2, 0.25) is 0 Å². The highest BCUT2D eigenvalue weighted by atomic mass is 32.1. The zero-order valence-electron chi connectivity index (χ0n) is 16.3. The zero-order chi connectivity index (χ0) is 20.1. The van der Waals surface area contributed by atoms with Gasteiger partial charge in [0, 0.05) is 30.1 Å². The molecule has 0 radical (unpaired) electrons. The molecule has 0 spiro atoms. The molecule has 1 saturated heterocycles. The lowest BCUT2D eigenvalue weighted by Crippen LogP contribution is -2.31. The van der Waals surface area contributed by atoms with Crippen LogP contribution in [0.15, 0.2) is 42.0 Å². The van der Waals surface area contributed by atoms with E-state index < -0.39 is 0 Å². The van der Waals surface area contributed by atoms with Gasteiger partial charge in [-0.05, 0) is 43.5 Å². The fraction of sp³-hybridized carbons (Fsp3) is 0.333. The maximum atomic E-state index is 12.5. The van der Waals surface area contributed by atoms with Crippen molar-refractivity contribution < 1.29 is 9.53 Å². The third kappa shape index (κ3) is 4.71. The minimum absolute atomic E-state index is 0.218. The highest BCUT2D eigenvalue weighted by Gasteiger charge is 2.15. The summed E-state index contributed by atoms with van der Waals surface area (Å²) in [7, 11) is 1.65. The van der Waals surface area contributed by atoms with Crippen LogP contribution in [0.3, 0.4) is 0 Å². The van der Waals surface area contributed by atoms with Crippen LogP contribution in [0, 0.1) is 0 Å². The van der Waals surface area contributed by atoms with Gasteiger partial charge in [-0.1, -0.05) is 0 Å². The van der Waals surface area contributed by atoms with E-state index in [-0.39, 0.29) is 5.91 Å². The molecule has 0 saturated carbocycles. The van der Waals surface area contributed by atoms with Gasteiger partial charge in [-0.2, -0.15) is 0 Å². The highest BCUT2D eigenvalue weighted by Crippen LogP contribution is 2.25. The molecule has 1 aliphatic heterocycles. The first-order chi connectivity index (χ1) is 14.2. The van der Waals surface area contributed by atoms with Gasteiger partial charge in [0.15, 0.2) is 0 Å². The Morgan fingerprint density at radius 1 is 1.17 bits per heavy atom. The Morgan fingerprint density at radius 2 is 1.97 bits per heavy atom. The number of methoxy groups -OCH3 is 1. The standard InChI is InChI=1S/C21H23N5O2S/c1-28-17-7-5-15(6-8-17)21-25-16(13-29-21)12-22-20(27)18-11-19(24-14-23-18)26-9-3-2-4-10-26/h5-8,11,13-14H,2-4,9-10,12H2,1H3,(H,22,27). The van der Waals surface area contributed by atoms with Crippen LogP contribution in [0.25, 0.3) is 10.6 Å². The van der Waals surface area contributed by atoms with E-state index in [0.717, 1.165) is 53.8 Å². The first kappa shape index (κ1) is 19.3. The van der Waals surface area contributed by atoms with Gasteiger partial charge in [-0.15, -0.1) is 11.3 Å². The molecule has 0 bridgehead atoms. The molecule has 8 heteroatoms. The zero-order valence-corrected chi connectivity index (χ0v) is 17.1. The molecule has 1 fully saturated rings. The predicted octanol–water partition coefficient (Wildman–Crippen LogP) is 3.53. The summed E-state index contributed by atoms with van der Waals surface area (Å²) in [5.74, 6) is 1.41. The smallest absolute Gasteiger partial charge is 0.270 e. The number of piperidine rings is 1. The summed E-state index contributed by atoms with van der Waals surface area (Å²) in [6, 6.07) is 9.54. The number of amides is 1. The van der Waals surface area contributed by atoms with E-state index in [4.69, 9.17) is 4.74 Å². The number of ether oxygens (including phenoxy) is 1. The number of nitrogens with zero attached hydrogens (tertiary/aromatic N) is 4. The molecule has 1 amide bonds. The number of carbonyl (C=O) groups is 1. The van der Waals surface area contributed by atoms with E-state index in [0.29, 0.717) is 12.2 Å². The second-order valence-corrected chi connectivity index (χ2v) is 7.72. The van der Waals surface area contributed by atoms with Gasteiger partial charge >= 0.3 is 0 Å². The monoisotopic (exact) mass is 409 g/mol. The molecule has 29 heavy (non-hydrogen) atoms. The molecule has 3 heterocycles. The molecule has 3 aromatic rings. The first-order valence-corrected chi connectivity index (χ1v) is 10.5. The van der Waals surface area contributed by atoms with Crippen LogP contribution in [0.4, 0.5) is 5.82 Å². The summed E-state index contributed by atoms with van der Waals surface area (Å²) >= 11 is 1.55. The van der Waals surface area contributed by atoms with Crippen molar-refractivity contribution in [2.75, 3.05) is 25.1 Å². The normalized spacial score (nSPS) is 13.9. The number of aromatic nitrogens is 3. The summed E-state index contributed by atoms with van der Waals surface area (Å²) in [5.41, 5.74) is 2.22. The SMILES string of the molecule is COc1ccc(-c2nc(CNC(=O)c3cc(N4CCCCC4)ncn3)cs2)cc1. The van der Waals surface area contributed by atoms with Crippen molar-refractivity contribution in [2.45, 2.75) is 25.8 Å². The quantitative estimate of drug-likeness (QED) is 0.671. The second kappa shape index (κ2) is 9.00. The Bertz CT molecular complexity index is 967. The van der Waals surface area contributed by atoms with Gasteiger partial charge in [-0.25, -0.2) is 15.0 Å². The number of anilines is 1. The van der Waals surface area contributed by atoms with Gasteiger partial charge < -0.3 is 15.0 Å². The molecule has 150 valence electrons. The third-order valence-electron chi connectivity index (χ3n) is 4.88. The Labute approximate surface area is 173 Å². The average molecular weight is 410 g/mol. The molecule has 2 aromatic heterocycles. The Morgan fingerprint density at radius 3 is 2.72 bits per heavy atom. The van der Waals surface area contributed by atoms with E-state index in [1.165, 1.54) is 12.7 Å². The van der Waals surface area contributed by atoms with Crippen molar-refractivity contribution in [1.82, 2.24) is 20.3 Å². The van der Waals surface area contributed by atoms with Crippen molar-refractivity contribution in [3.05, 3.63) is 53.4 Å². The van der Waals surface area contributed by atoms with Crippen LogP contribution in [-0.4, -0.2) is 41.1 Å². The molecule has 7 nitrogen and oxygen atoms in total. The number of hydrogen-bond donors (Lipinski definition) is 1. The topological polar surface area (TPSA) is 80.2 Å². The summed E-state index contributed by atoms with van der Waals surface area (Å²) in [5, 5.41) is 5.77. The molecular formula is C21H23N5O2S. The Kier molecular flexibility index (Phi) is 6.00. The molecule has 1 aromatic carbocycles. The fourth-order valence-electron chi connectivity index (χ4n) is 3.28. The van der Waals surface area contributed by atoms with Crippen molar-refractivity contribution in [3.63, 3.8) is 0 Å². The lowest BCUT2D eigenvalue weighted by molar-refractivity contribution is 0.0945. The molecule has 0 unspecified atom stereocenters. The number of thiazole rings is 1. The fourth-order valence-corrected chi connectivity index (χ4v) is 4.11. The Balaban J connectivity index is 1.38. The average Bonchev–Trinajstić information content (AvgIpc) is 3.27. The maximum Gasteiger partial charge on any atom is 0.270 e. The highest BCUT2D eigenvalue weighted by molar-refractivity contribution is 7.13. The molecule has 1 aliphatic rings. The predicted molar refractivity (Wildman–Crippen MR) is 113 cm³/mol. The van der Waals surface area contributed by atoms with Crippen LogP contribution in [-0.2, 0) is 6.54 Å². The van der Waals surface area contributed by atoms with Gasteiger partial charge in [0.05, 0.1) is 19.3 Å². The van der Waals surface area contributed by atoms with E-state index >= 15 is 0 Å². The summed E-state index contributed by atoms with van der Waals surface area (Å²) in [6.45, 7) is 2.31. The number of hydrogen-bond acceptors (Lipinski definition) is 7.